The minimum atomic E-state index is -0.275. The molecule has 9 heteroatoms. The Bertz CT molecular complexity index is 1000. The maximum atomic E-state index is 12.0. The molecule has 2 N–H and O–H groups in total. The van der Waals surface area contributed by atoms with Crippen LogP contribution in [0.1, 0.15) is 34.6 Å². The molecule has 2 heterocycles. The van der Waals surface area contributed by atoms with E-state index in [-0.39, 0.29) is 11.8 Å². The molecule has 2 aromatic rings. The van der Waals surface area contributed by atoms with Crippen molar-refractivity contribution in [2.45, 2.75) is 38.1 Å². The third-order valence-electron chi connectivity index (χ3n) is 5.76. The SMILES string of the molecule is CN(C)Cc1ccc(CSCCNC(=O)/C=C/C(=O)NCCCOc2cccc(CN3CCCC3)c2)s1. The maximum Gasteiger partial charge on any atom is 0.244 e. The monoisotopic (exact) mass is 544 g/mol. The lowest BCUT2D eigenvalue weighted by atomic mass is 10.2. The Labute approximate surface area is 229 Å². The number of ether oxygens (including phenoxy) is 1. The van der Waals surface area contributed by atoms with E-state index in [0.717, 1.165) is 30.3 Å². The second-order valence-corrected chi connectivity index (χ2v) is 11.8. The van der Waals surface area contributed by atoms with Crippen LogP contribution in [-0.4, -0.2) is 74.2 Å². The van der Waals surface area contributed by atoms with Gasteiger partial charge >= 0.3 is 0 Å². The number of thiophene rings is 1. The average molecular weight is 545 g/mol. The highest BCUT2D eigenvalue weighted by molar-refractivity contribution is 7.98. The fourth-order valence-electron chi connectivity index (χ4n) is 3.99. The number of hydrogen-bond donors (Lipinski definition) is 2. The van der Waals surface area contributed by atoms with Crippen LogP contribution in [0.4, 0.5) is 0 Å². The molecule has 7 nitrogen and oxygen atoms in total. The molecule has 3 rings (SSSR count). The van der Waals surface area contributed by atoms with Crippen molar-refractivity contribution in [3.63, 3.8) is 0 Å². The van der Waals surface area contributed by atoms with E-state index in [0.29, 0.717) is 26.1 Å². The van der Waals surface area contributed by atoms with Crippen LogP contribution < -0.4 is 15.4 Å². The quantitative estimate of drug-likeness (QED) is 0.247. The number of carbonyl (C=O) groups is 2. The van der Waals surface area contributed by atoms with E-state index in [1.165, 1.54) is 53.4 Å². The number of carbonyl (C=O) groups excluding carboxylic acids is 2. The molecule has 1 aliphatic heterocycles. The third kappa shape index (κ3) is 12.2. The van der Waals surface area contributed by atoms with E-state index >= 15 is 0 Å². The molecular weight excluding hydrogens is 504 g/mol. The van der Waals surface area contributed by atoms with Gasteiger partial charge in [0.05, 0.1) is 6.61 Å². The number of likely N-dealkylation sites (tertiary alicyclic amines) is 1. The van der Waals surface area contributed by atoms with E-state index in [1.807, 2.05) is 23.5 Å². The van der Waals surface area contributed by atoms with Gasteiger partial charge in [0.2, 0.25) is 11.8 Å². The maximum absolute atomic E-state index is 12.0. The summed E-state index contributed by atoms with van der Waals surface area (Å²) >= 11 is 3.63. The van der Waals surface area contributed by atoms with E-state index in [4.69, 9.17) is 4.74 Å². The number of benzene rings is 1. The summed E-state index contributed by atoms with van der Waals surface area (Å²) in [4.78, 5) is 31.2. The van der Waals surface area contributed by atoms with Crippen molar-refractivity contribution in [3.8, 4) is 5.75 Å². The minimum absolute atomic E-state index is 0.253. The Kier molecular flexibility index (Phi) is 13.0. The van der Waals surface area contributed by atoms with Crippen LogP contribution in [0.25, 0.3) is 0 Å². The van der Waals surface area contributed by atoms with E-state index in [9.17, 15) is 9.59 Å². The molecule has 0 saturated carbocycles. The molecule has 1 aliphatic rings. The summed E-state index contributed by atoms with van der Waals surface area (Å²) < 4.78 is 5.84. The van der Waals surface area contributed by atoms with Crippen molar-refractivity contribution in [3.05, 3.63) is 63.9 Å². The van der Waals surface area contributed by atoms with Gasteiger partial charge in [-0.15, -0.1) is 11.3 Å². The second kappa shape index (κ2) is 16.5. The number of rotatable bonds is 16. The Balaban J connectivity index is 1.20. The zero-order valence-corrected chi connectivity index (χ0v) is 23.7. The lowest BCUT2D eigenvalue weighted by Gasteiger charge is -2.15. The molecule has 1 aromatic heterocycles. The normalized spacial score (nSPS) is 13.9. The highest BCUT2D eigenvalue weighted by atomic mass is 32.2. The fourth-order valence-corrected chi connectivity index (χ4v) is 6.10. The first kappa shape index (κ1) is 29.2. The summed E-state index contributed by atoms with van der Waals surface area (Å²) in [5, 5.41) is 5.62. The molecule has 37 heavy (non-hydrogen) atoms. The van der Waals surface area contributed by atoms with Crippen molar-refractivity contribution in [2.75, 3.05) is 52.6 Å². The van der Waals surface area contributed by atoms with Crippen molar-refractivity contribution in [2.24, 2.45) is 0 Å². The molecule has 1 aromatic carbocycles. The van der Waals surface area contributed by atoms with Crippen LogP contribution in [0, 0.1) is 0 Å². The summed E-state index contributed by atoms with van der Waals surface area (Å²) in [6, 6.07) is 12.6. The van der Waals surface area contributed by atoms with Gasteiger partial charge in [0, 0.05) is 59.6 Å². The van der Waals surface area contributed by atoms with Gasteiger partial charge in [0.1, 0.15) is 5.75 Å². The topological polar surface area (TPSA) is 73.9 Å². The number of thioether (sulfide) groups is 1. The van der Waals surface area contributed by atoms with Crippen LogP contribution >= 0.6 is 23.1 Å². The molecule has 1 saturated heterocycles. The van der Waals surface area contributed by atoms with Gasteiger partial charge in [-0.3, -0.25) is 14.5 Å². The molecule has 0 spiro atoms. The Morgan fingerprint density at radius 2 is 1.78 bits per heavy atom. The molecule has 2 amide bonds. The van der Waals surface area contributed by atoms with Gasteiger partial charge in [-0.25, -0.2) is 0 Å². The van der Waals surface area contributed by atoms with E-state index in [2.05, 4.69) is 58.8 Å². The van der Waals surface area contributed by atoms with Crippen molar-refractivity contribution >= 4 is 34.9 Å². The first-order chi connectivity index (χ1) is 18.0. The van der Waals surface area contributed by atoms with Gasteiger partial charge < -0.3 is 20.3 Å². The van der Waals surface area contributed by atoms with Crippen LogP contribution in [0.2, 0.25) is 0 Å². The number of hydrogen-bond acceptors (Lipinski definition) is 7. The first-order valence-electron chi connectivity index (χ1n) is 13.0. The zero-order chi connectivity index (χ0) is 26.3. The van der Waals surface area contributed by atoms with Crippen LogP contribution in [0.3, 0.4) is 0 Å². The van der Waals surface area contributed by atoms with Gasteiger partial charge in [0.25, 0.3) is 0 Å². The zero-order valence-electron chi connectivity index (χ0n) is 22.0. The minimum Gasteiger partial charge on any atom is -0.494 e. The van der Waals surface area contributed by atoms with Crippen molar-refractivity contribution in [1.82, 2.24) is 20.4 Å². The highest BCUT2D eigenvalue weighted by Crippen LogP contribution is 2.22. The lowest BCUT2D eigenvalue weighted by molar-refractivity contribution is -0.118. The summed E-state index contributed by atoms with van der Waals surface area (Å²) in [6.07, 6.45) is 5.84. The second-order valence-electron chi connectivity index (χ2n) is 9.41. The van der Waals surface area contributed by atoms with E-state index < -0.39 is 0 Å². The number of nitrogens with one attached hydrogen (secondary N) is 2. The van der Waals surface area contributed by atoms with Gasteiger partial charge in [-0.1, -0.05) is 12.1 Å². The van der Waals surface area contributed by atoms with E-state index in [1.54, 1.807) is 11.8 Å². The van der Waals surface area contributed by atoms with Gasteiger partial charge in [-0.2, -0.15) is 11.8 Å². The van der Waals surface area contributed by atoms with Crippen molar-refractivity contribution < 1.29 is 14.3 Å². The predicted molar refractivity (Wildman–Crippen MR) is 154 cm³/mol. The Morgan fingerprint density at radius 3 is 2.54 bits per heavy atom. The molecule has 1 fully saturated rings. The first-order valence-corrected chi connectivity index (χ1v) is 14.9. The molecular formula is C28H40N4O3S2. The Morgan fingerprint density at radius 1 is 1.05 bits per heavy atom. The smallest absolute Gasteiger partial charge is 0.244 e. The van der Waals surface area contributed by atoms with Gasteiger partial charge in [-0.05, 0) is 76.3 Å². The average Bonchev–Trinajstić information content (AvgIpc) is 3.54. The van der Waals surface area contributed by atoms with Crippen LogP contribution in [0.15, 0.2) is 48.6 Å². The summed E-state index contributed by atoms with van der Waals surface area (Å²) in [5.74, 6) is 2.11. The summed E-state index contributed by atoms with van der Waals surface area (Å²) in [6.45, 7) is 5.88. The predicted octanol–water partition coefficient (Wildman–Crippen LogP) is 3.90. The standard InChI is InChI=1S/C28H40N4O3S2/c1-31(2)21-25-9-10-26(37-25)22-36-18-14-30-28(34)12-11-27(33)29-13-6-17-35-24-8-5-7-23(19-24)20-32-15-3-4-16-32/h5,7-12,19H,3-4,6,13-18,20-22H2,1-2H3,(H,29,33)(H,30,34)/b12-11+. The summed E-state index contributed by atoms with van der Waals surface area (Å²) in [5.41, 5.74) is 1.27. The molecule has 0 unspecified atom stereocenters. The molecule has 0 radical (unpaired) electrons. The number of nitrogens with zero attached hydrogens (tertiary/aromatic N) is 2. The summed E-state index contributed by atoms with van der Waals surface area (Å²) in [7, 11) is 4.14. The fraction of sp³-hybridized carbons (Fsp3) is 0.500. The Hall–Kier alpha value is -2.33. The highest BCUT2D eigenvalue weighted by Gasteiger charge is 2.12. The largest absolute Gasteiger partial charge is 0.494 e. The molecule has 202 valence electrons. The molecule has 0 atom stereocenters. The lowest BCUT2D eigenvalue weighted by Crippen LogP contribution is -2.26. The molecule has 0 aliphatic carbocycles. The number of amides is 2. The van der Waals surface area contributed by atoms with Crippen molar-refractivity contribution in [1.29, 1.82) is 0 Å². The van der Waals surface area contributed by atoms with Gasteiger partial charge in [0.15, 0.2) is 0 Å². The molecule has 0 bridgehead atoms. The van der Waals surface area contributed by atoms with Crippen LogP contribution in [0.5, 0.6) is 5.75 Å². The van der Waals surface area contributed by atoms with Crippen LogP contribution in [-0.2, 0) is 28.4 Å². The third-order valence-corrected chi connectivity index (χ3v) is 8.02.